The highest BCUT2D eigenvalue weighted by Crippen LogP contribution is 2.21. The minimum absolute atomic E-state index is 0.650. The minimum Gasteiger partial charge on any atom is -0.380 e. The Kier molecular flexibility index (Phi) is 0.542. The van der Waals surface area contributed by atoms with Crippen LogP contribution in [0.4, 0.5) is 0 Å². The van der Waals surface area contributed by atoms with Crippen molar-refractivity contribution in [2.24, 2.45) is 0 Å². The molecule has 0 spiro atoms. The maximum Gasteiger partial charge on any atom is 0.344 e. The fourth-order valence-electron chi connectivity index (χ4n) is 0.601. The fraction of sp³-hybridized carbons (Fsp3) is 0.429. The number of aromatic amines is 1. The van der Waals surface area contributed by atoms with Crippen molar-refractivity contribution in [1.29, 1.82) is 0 Å². The number of aromatic nitrogens is 2. The molecule has 0 unspecified atom stereocenters. The van der Waals surface area contributed by atoms with E-state index in [1.807, 2.05) is 4.98 Å². The number of hydrogen-bond donors (Lipinski definition) is 1. The summed E-state index contributed by atoms with van der Waals surface area (Å²) in [6.07, 6.45) is -1.53. The Labute approximate surface area is 73.1 Å². The lowest BCUT2D eigenvalue weighted by atomic mass is 10.0. The molecule has 0 atom stereocenters. The molecule has 2 rings (SSSR count). The topological polar surface area (TPSA) is 55.0 Å². The molecule has 1 aliphatic rings. The summed E-state index contributed by atoms with van der Waals surface area (Å²) in [6, 6.07) is 0. The summed E-state index contributed by atoms with van der Waals surface area (Å²) in [4.78, 5) is 16.0. The first-order chi connectivity index (χ1) is 8.03. The van der Waals surface area contributed by atoms with E-state index in [9.17, 15) is 4.79 Å². The van der Waals surface area contributed by atoms with Crippen molar-refractivity contribution in [2.45, 2.75) is 5.89 Å². The number of hydrogen-bond acceptors (Lipinski definition) is 3. The van der Waals surface area contributed by atoms with Crippen LogP contribution in [0.25, 0.3) is 0 Å². The van der Waals surface area contributed by atoms with E-state index in [-0.39, 0.29) is 0 Å². The molecule has 4 heteroatoms. The third-order valence-electron chi connectivity index (χ3n) is 1.12. The van der Waals surface area contributed by atoms with Gasteiger partial charge in [-0.05, 0) is 5.56 Å². The Balaban J connectivity index is 2.72. The molecule has 1 aliphatic heterocycles. The lowest BCUT2D eigenvalue weighted by Crippen LogP contribution is -2.26. The molecule has 0 aromatic carbocycles. The highest BCUT2D eigenvalue weighted by Gasteiger charge is 2.20. The van der Waals surface area contributed by atoms with E-state index >= 15 is 0 Å². The van der Waals surface area contributed by atoms with E-state index in [2.05, 4.69) is 9.72 Å². The SMILES string of the molecule is [2H]c1nc(=O)[nH]c([2H])c1C1([2H])C([2H])([2H])OC1([2H])[2H]. The second-order valence-corrected chi connectivity index (χ2v) is 1.83. The first-order valence-corrected chi connectivity index (χ1v) is 2.81. The van der Waals surface area contributed by atoms with E-state index in [4.69, 9.17) is 9.60 Å². The maximum atomic E-state index is 10.9. The van der Waals surface area contributed by atoms with Crippen LogP contribution in [0.3, 0.4) is 0 Å². The number of nitrogens with one attached hydrogen (secondary N) is 1. The van der Waals surface area contributed by atoms with Crippen LogP contribution >= 0.6 is 0 Å². The average Bonchev–Trinajstić information content (AvgIpc) is 2.13. The molecule has 0 radical (unpaired) electrons. The molecular weight excluding hydrogens is 144 g/mol. The van der Waals surface area contributed by atoms with Crippen LogP contribution in [0, 0.1) is 0 Å². The van der Waals surface area contributed by atoms with Crippen molar-refractivity contribution in [3.8, 4) is 0 Å². The second kappa shape index (κ2) is 2.47. The largest absolute Gasteiger partial charge is 0.380 e. The Hall–Kier alpha value is -1.16. The highest BCUT2D eigenvalue weighted by molar-refractivity contribution is 5.12. The van der Waals surface area contributed by atoms with E-state index in [0.29, 0.717) is 0 Å². The van der Waals surface area contributed by atoms with Crippen molar-refractivity contribution >= 4 is 0 Å². The van der Waals surface area contributed by atoms with Crippen molar-refractivity contribution in [3.63, 3.8) is 0 Å². The van der Waals surface area contributed by atoms with Gasteiger partial charge in [-0.3, -0.25) is 0 Å². The quantitative estimate of drug-likeness (QED) is 0.621. The van der Waals surface area contributed by atoms with Gasteiger partial charge in [-0.2, -0.15) is 0 Å². The molecule has 11 heavy (non-hydrogen) atoms. The van der Waals surface area contributed by atoms with Gasteiger partial charge in [0.25, 0.3) is 0 Å². The summed E-state index contributed by atoms with van der Waals surface area (Å²) in [6.45, 7) is -5.44. The first-order valence-electron chi connectivity index (χ1n) is 6.31. The Morgan fingerprint density at radius 3 is 3.45 bits per heavy atom. The molecule has 1 aromatic heterocycles. The highest BCUT2D eigenvalue weighted by atomic mass is 16.5. The zero-order valence-electron chi connectivity index (χ0n) is 12.3. The standard InChI is InChI=1S/C7H8N2O2/c10-7-8-1-5(2-9-7)6-3-11-4-6/h1-2,6H,3-4H2,(H,8,9,10)/i1D,2D,3D2,4D2,6D. The van der Waals surface area contributed by atoms with Gasteiger partial charge in [0, 0.05) is 19.6 Å². The molecule has 4 nitrogen and oxygen atoms in total. The summed E-state index contributed by atoms with van der Waals surface area (Å²) in [5.74, 6) is -2.63. The van der Waals surface area contributed by atoms with Crippen molar-refractivity contribution in [3.05, 3.63) is 28.4 Å². The Morgan fingerprint density at radius 1 is 2.00 bits per heavy atom. The fourth-order valence-corrected chi connectivity index (χ4v) is 0.601. The normalized spacial score (nSPS) is 39.1. The molecule has 0 saturated carbocycles. The van der Waals surface area contributed by atoms with Gasteiger partial charge >= 0.3 is 5.69 Å². The zero-order chi connectivity index (χ0) is 13.9. The second-order valence-electron chi connectivity index (χ2n) is 1.83. The molecule has 0 bridgehead atoms. The van der Waals surface area contributed by atoms with Gasteiger partial charge in [0.05, 0.1) is 21.3 Å². The molecule has 1 aromatic rings. The summed E-state index contributed by atoms with van der Waals surface area (Å²) >= 11 is 0. The van der Waals surface area contributed by atoms with Crippen LogP contribution < -0.4 is 5.69 Å². The van der Waals surface area contributed by atoms with Crippen molar-refractivity contribution in [2.75, 3.05) is 13.1 Å². The summed E-state index contributed by atoms with van der Waals surface area (Å²) in [7, 11) is 0. The lowest BCUT2D eigenvalue weighted by molar-refractivity contribution is 0.00812. The van der Waals surface area contributed by atoms with Gasteiger partial charge in [-0.1, -0.05) is 0 Å². The molecule has 1 saturated heterocycles. The molecule has 58 valence electrons. The molecule has 0 aliphatic carbocycles. The van der Waals surface area contributed by atoms with Crippen molar-refractivity contribution < 1.29 is 14.3 Å². The minimum atomic E-state index is -2.72. The lowest BCUT2D eigenvalue weighted by Gasteiger charge is -2.25. The van der Waals surface area contributed by atoms with Gasteiger partial charge in [-0.25, -0.2) is 9.78 Å². The van der Waals surface area contributed by atoms with Gasteiger partial charge in [0.15, 0.2) is 0 Å². The molecular formula is C7H8N2O2. The van der Waals surface area contributed by atoms with Gasteiger partial charge in [0.2, 0.25) is 0 Å². The monoisotopic (exact) mass is 159 g/mol. The predicted molar refractivity (Wildman–Crippen MR) is 38.4 cm³/mol. The van der Waals surface area contributed by atoms with E-state index in [0.717, 1.165) is 0 Å². The van der Waals surface area contributed by atoms with E-state index < -0.39 is 42.6 Å². The van der Waals surface area contributed by atoms with E-state index in [1.165, 1.54) is 0 Å². The third-order valence-corrected chi connectivity index (χ3v) is 1.12. The van der Waals surface area contributed by atoms with Crippen LogP contribution in [-0.2, 0) is 4.74 Å². The summed E-state index contributed by atoms with van der Waals surface area (Å²) < 4.78 is 56.7. The number of ether oxygens (including phenoxy) is 1. The zero-order valence-corrected chi connectivity index (χ0v) is 5.26. The molecule has 1 N–H and O–H groups in total. The molecule has 2 heterocycles. The number of rotatable bonds is 1. The number of nitrogens with zero attached hydrogens (tertiary/aromatic N) is 1. The van der Waals surface area contributed by atoms with Crippen LogP contribution in [0.2, 0.25) is 0 Å². The van der Waals surface area contributed by atoms with Crippen LogP contribution in [-0.4, -0.2) is 23.1 Å². The van der Waals surface area contributed by atoms with E-state index in [1.54, 1.807) is 0 Å². The van der Waals surface area contributed by atoms with Crippen LogP contribution in [0.5, 0.6) is 0 Å². The van der Waals surface area contributed by atoms with Gasteiger partial charge < -0.3 is 9.72 Å². The Bertz CT molecular complexity index is 529. The maximum absolute atomic E-state index is 10.9. The summed E-state index contributed by atoms with van der Waals surface area (Å²) in [5, 5.41) is 0. The summed E-state index contributed by atoms with van der Waals surface area (Å²) in [5.41, 5.74) is -1.64. The van der Waals surface area contributed by atoms with Gasteiger partial charge in [-0.15, -0.1) is 0 Å². The van der Waals surface area contributed by atoms with Crippen LogP contribution in [0.15, 0.2) is 17.1 Å². The number of H-pyrrole nitrogens is 1. The van der Waals surface area contributed by atoms with Crippen LogP contribution in [0.1, 0.15) is 21.1 Å². The Morgan fingerprint density at radius 2 is 2.82 bits per heavy atom. The van der Waals surface area contributed by atoms with Gasteiger partial charge in [0.1, 0.15) is 0 Å². The predicted octanol–water partition coefficient (Wildman–Crippen LogP) is -0.116. The first kappa shape index (κ1) is 2.42. The third kappa shape index (κ3) is 1.17. The van der Waals surface area contributed by atoms with Crippen molar-refractivity contribution in [1.82, 2.24) is 9.97 Å². The molecule has 1 fully saturated rings. The smallest absolute Gasteiger partial charge is 0.344 e. The average molecular weight is 159 g/mol. The molecule has 0 amide bonds.